The maximum atomic E-state index is 4.05. The maximum absolute atomic E-state index is 4.05. The summed E-state index contributed by atoms with van der Waals surface area (Å²) in [4.78, 5) is 2.49. The number of hydrogen-bond acceptors (Lipinski definition) is 1. The third-order valence-corrected chi connectivity index (χ3v) is 3.49. The molecule has 0 aliphatic rings. The van der Waals surface area contributed by atoms with E-state index in [1.165, 1.54) is 25.8 Å². The quantitative estimate of drug-likeness (QED) is 0.528. The third-order valence-electron chi connectivity index (χ3n) is 3.49. The van der Waals surface area contributed by atoms with E-state index in [9.17, 15) is 0 Å². The SMILES string of the molecule is C=CC(=C)CC(C(C)CC)N(C)CCCC. The summed E-state index contributed by atoms with van der Waals surface area (Å²) in [5.41, 5.74) is 1.16. The fraction of sp³-hybridized carbons (Fsp3) is 0.733. The molecule has 0 bridgehead atoms. The smallest absolute Gasteiger partial charge is 0.0158 e. The van der Waals surface area contributed by atoms with E-state index in [0.717, 1.165) is 17.9 Å². The molecule has 16 heavy (non-hydrogen) atoms. The lowest BCUT2D eigenvalue weighted by molar-refractivity contribution is 0.177. The molecular weight excluding hydrogens is 194 g/mol. The van der Waals surface area contributed by atoms with Crippen molar-refractivity contribution < 1.29 is 0 Å². The first-order chi connectivity index (χ1) is 7.56. The van der Waals surface area contributed by atoms with Crippen LogP contribution >= 0.6 is 0 Å². The Bertz CT molecular complexity index is 207. The van der Waals surface area contributed by atoms with Gasteiger partial charge in [-0.15, -0.1) is 0 Å². The van der Waals surface area contributed by atoms with Gasteiger partial charge in [-0.05, 0) is 32.4 Å². The van der Waals surface area contributed by atoms with E-state index in [0.29, 0.717) is 6.04 Å². The molecule has 1 heteroatoms. The lowest BCUT2D eigenvalue weighted by atomic mass is 9.92. The zero-order valence-electron chi connectivity index (χ0n) is 11.6. The minimum Gasteiger partial charge on any atom is -0.303 e. The van der Waals surface area contributed by atoms with Gasteiger partial charge in [0.15, 0.2) is 0 Å². The Balaban J connectivity index is 4.39. The summed E-state index contributed by atoms with van der Waals surface area (Å²) in [6.45, 7) is 15.9. The summed E-state index contributed by atoms with van der Waals surface area (Å²) < 4.78 is 0. The number of allylic oxidation sites excluding steroid dienone is 1. The first-order valence-corrected chi connectivity index (χ1v) is 6.57. The van der Waals surface area contributed by atoms with E-state index >= 15 is 0 Å². The molecule has 0 rings (SSSR count). The maximum Gasteiger partial charge on any atom is 0.0158 e. The summed E-state index contributed by atoms with van der Waals surface area (Å²) in [5.74, 6) is 0.721. The molecule has 0 saturated carbocycles. The Labute approximate surface area is 102 Å². The van der Waals surface area contributed by atoms with Crippen LogP contribution in [0.4, 0.5) is 0 Å². The highest BCUT2D eigenvalue weighted by molar-refractivity contribution is 5.12. The normalized spacial score (nSPS) is 14.8. The van der Waals surface area contributed by atoms with E-state index in [-0.39, 0.29) is 0 Å². The Morgan fingerprint density at radius 1 is 1.38 bits per heavy atom. The number of unbranched alkanes of at least 4 members (excludes halogenated alkanes) is 1. The van der Waals surface area contributed by atoms with Gasteiger partial charge in [-0.1, -0.05) is 58.4 Å². The molecule has 0 aliphatic heterocycles. The summed E-state index contributed by atoms with van der Waals surface area (Å²) in [6.07, 6.45) is 6.72. The van der Waals surface area contributed by atoms with E-state index in [2.05, 4.69) is 45.9 Å². The van der Waals surface area contributed by atoms with Gasteiger partial charge in [0.1, 0.15) is 0 Å². The van der Waals surface area contributed by atoms with E-state index in [4.69, 9.17) is 0 Å². The lowest BCUT2D eigenvalue weighted by Gasteiger charge is -2.33. The molecule has 2 unspecified atom stereocenters. The molecule has 0 heterocycles. The minimum atomic E-state index is 0.613. The Morgan fingerprint density at radius 3 is 2.44 bits per heavy atom. The molecule has 0 N–H and O–H groups in total. The molecule has 0 radical (unpaired) electrons. The average Bonchev–Trinajstić information content (AvgIpc) is 2.31. The lowest BCUT2D eigenvalue weighted by Crippen LogP contribution is -2.37. The van der Waals surface area contributed by atoms with Crippen LogP contribution in [0.5, 0.6) is 0 Å². The zero-order valence-corrected chi connectivity index (χ0v) is 11.6. The number of hydrogen-bond donors (Lipinski definition) is 0. The van der Waals surface area contributed by atoms with Crippen LogP contribution in [0.25, 0.3) is 0 Å². The van der Waals surface area contributed by atoms with Crippen LogP contribution in [-0.2, 0) is 0 Å². The Kier molecular flexibility index (Phi) is 8.28. The molecular formula is C15H29N. The monoisotopic (exact) mass is 223 g/mol. The number of rotatable bonds is 9. The molecule has 0 fully saturated rings. The molecule has 0 aliphatic carbocycles. The second-order valence-corrected chi connectivity index (χ2v) is 4.85. The van der Waals surface area contributed by atoms with Gasteiger partial charge in [0, 0.05) is 6.04 Å². The van der Waals surface area contributed by atoms with Crippen molar-refractivity contribution in [2.24, 2.45) is 5.92 Å². The number of nitrogens with zero attached hydrogens (tertiary/aromatic N) is 1. The van der Waals surface area contributed by atoms with Gasteiger partial charge in [0.25, 0.3) is 0 Å². The van der Waals surface area contributed by atoms with Crippen LogP contribution in [0.3, 0.4) is 0 Å². The predicted molar refractivity (Wildman–Crippen MR) is 74.7 cm³/mol. The second-order valence-electron chi connectivity index (χ2n) is 4.85. The van der Waals surface area contributed by atoms with Crippen molar-refractivity contribution in [3.05, 3.63) is 24.8 Å². The zero-order chi connectivity index (χ0) is 12.6. The van der Waals surface area contributed by atoms with E-state index in [1.54, 1.807) is 0 Å². The third kappa shape index (κ3) is 5.50. The van der Waals surface area contributed by atoms with Crippen LogP contribution in [0.15, 0.2) is 24.8 Å². The predicted octanol–water partition coefficient (Wildman–Crippen LogP) is 4.27. The van der Waals surface area contributed by atoms with Gasteiger partial charge in [-0.3, -0.25) is 0 Å². The van der Waals surface area contributed by atoms with Crippen LogP contribution in [0.2, 0.25) is 0 Å². The van der Waals surface area contributed by atoms with Crippen molar-refractivity contribution in [2.45, 2.75) is 52.5 Å². The Hall–Kier alpha value is -0.560. The second kappa shape index (κ2) is 8.58. The standard InChI is InChI=1S/C15H29N/c1-7-10-11-16(6)15(14(5)9-3)12-13(4)8-2/h8,14-15H,2,4,7,9-12H2,1,3,5-6H3. The van der Waals surface area contributed by atoms with Crippen molar-refractivity contribution in [3.8, 4) is 0 Å². The van der Waals surface area contributed by atoms with Crippen molar-refractivity contribution >= 4 is 0 Å². The van der Waals surface area contributed by atoms with Crippen LogP contribution in [0, 0.1) is 5.92 Å². The van der Waals surface area contributed by atoms with Crippen LogP contribution < -0.4 is 0 Å². The highest BCUT2D eigenvalue weighted by atomic mass is 15.1. The molecule has 0 saturated heterocycles. The summed E-state index contributed by atoms with van der Waals surface area (Å²) >= 11 is 0. The summed E-state index contributed by atoms with van der Waals surface area (Å²) in [5, 5.41) is 0. The van der Waals surface area contributed by atoms with Gasteiger partial charge in [0.05, 0.1) is 0 Å². The van der Waals surface area contributed by atoms with Crippen molar-refractivity contribution in [1.82, 2.24) is 4.90 Å². The van der Waals surface area contributed by atoms with Crippen molar-refractivity contribution in [3.63, 3.8) is 0 Å². The van der Waals surface area contributed by atoms with Gasteiger partial charge in [-0.2, -0.15) is 0 Å². The minimum absolute atomic E-state index is 0.613. The van der Waals surface area contributed by atoms with Crippen molar-refractivity contribution in [2.75, 3.05) is 13.6 Å². The average molecular weight is 223 g/mol. The van der Waals surface area contributed by atoms with Gasteiger partial charge >= 0.3 is 0 Å². The highest BCUT2D eigenvalue weighted by Gasteiger charge is 2.20. The molecule has 94 valence electrons. The molecule has 0 aromatic heterocycles. The fourth-order valence-electron chi connectivity index (χ4n) is 1.99. The first kappa shape index (κ1) is 15.4. The van der Waals surface area contributed by atoms with Gasteiger partial charge in [-0.25, -0.2) is 0 Å². The van der Waals surface area contributed by atoms with Crippen molar-refractivity contribution in [1.29, 1.82) is 0 Å². The molecule has 0 aromatic carbocycles. The molecule has 2 atom stereocenters. The summed E-state index contributed by atoms with van der Waals surface area (Å²) in [6, 6.07) is 0.613. The largest absolute Gasteiger partial charge is 0.303 e. The van der Waals surface area contributed by atoms with E-state index < -0.39 is 0 Å². The molecule has 0 aromatic rings. The molecule has 1 nitrogen and oxygen atoms in total. The van der Waals surface area contributed by atoms with Gasteiger partial charge in [0.2, 0.25) is 0 Å². The van der Waals surface area contributed by atoms with Gasteiger partial charge < -0.3 is 4.90 Å². The van der Waals surface area contributed by atoms with Crippen LogP contribution in [-0.4, -0.2) is 24.5 Å². The topological polar surface area (TPSA) is 3.24 Å². The first-order valence-electron chi connectivity index (χ1n) is 6.57. The molecule has 0 amide bonds. The molecule has 0 spiro atoms. The van der Waals surface area contributed by atoms with Crippen LogP contribution in [0.1, 0.15) is 46.5 Å². The summed E-state index contributed by atoms with van der Waals surface area (Å²) in [7, 11) is 2.24. The fourth-order valence-corrected chi connectivity index (χ4v) is 1.99. The Morgan fingerprint density at radius 2 is 2.00 bits per heavy atom. The highest BCUT2D eigenvalue weighted by Crippen LogP contribution is 2.20. The van der Waals surface area contributed by atoms with E-state index in [1.807, 2.05) is 6.08 Å².